The second-order valence-corrected chi connectivity index (χ2v) is 11.0. The number of thioether (sulfide) groups is 1. The molecule has 4 rings (SSSR count). The fourth-order valence-corrected chi connectivity index (χ4v) is 5.22. The molecule has 2 aliphatic heterocycles. The van der Waals surface area contributed by atoms with E-state index in [-0.39, 0.29) is 16.7 Å². The van der Waals surface area contributed by atoms with E-state index in [1.807, 2.05) is 0 Å². The zero-order chi connectivity index (χ0) is 27.6. The van der Waals surface area contributed by atoms with Crippen LogP contribution in [0.1, 0.15) is 38.3 Å². The molecule has 3 heterocycles. The van der Waals surface area contributed by atoms with Crippen molar-refractivity contribution in [3.63, 3.8) is 0 Å². The smallest absolute Gasteiger partial charge is 0.355 e. The molecule has 2 aliphatic rings. The largest absolute Gasteiger partial charge is 0.477 e. The van der Waals surface area contributed by atoms with Gasteiger partial charge in [0.2, 0.25) is 17.6 Å². The van der Waals surface area contributed by atoms with Crippen LogP contribution in [-0.2, 0) is 28.8 Å². The number of rotatable bonds is 8. The Morgan fingerprint density at radius 2 is 1.97 bits per heavy atom. The van der Waals surface area contributed by atoms with Crippen molar-refractivity contribution in [3.8, 4) is 0 Å². The van der Waals surface area contributed by atoms with Crippen molar-refractivity contribution in [1.29, 1.82) is 0 Å². The zero-order valence-corrected chi connectivity index (χ0v) is 22.1. The van der Waals surface area contributed by atoms with E-state index in [0.29, 0.717) is 11.3 Å². The number of nitrogens with one attached hydrogen (secondary N) is 1. The summed E-state index contributed by atoms with van der Waals surface area (Å²) in [6, 6.07) is 7.41. The molecule has 0 aliphatic carbocycles. The summed E-state index contributed by atoms with van der Waals surface area (Å²) in [5.74, 6) is -3.26. The highest BCUT2D eigenvalue weighted by Gasteiger charge is 2.53. The van der Waals surface area contributed by atoms with E-state index in [0.717, 1.165) is 16.4 Å². The molecule has 3 atom stereocenters. The molecule has 1 fully saturated rings. The second-order valence-electron chi connectivity index (χ2n) is 9.10. The lowest BCUT2D eigenvalue weighted by atomic mass is 10.0. The summed E-state index contributed by atoms with van der Waals surface area (Å²) in [6.07, 6.45) is 0.106. The maximum absolute atomic E-state index is 13.3. The molecule has 13 nitrogen and oxygen atoms in total. The van der Waals surface area contributed by atoms with Gasteiger partial charge in [-0.05, 0) is 26.8 Å². The Hall–Kier alpha value is -3.98. The number of hydrogen-bond donors (Lipinski definition) is 3. The number of aromatic nitrogens is 2. The van der Waals surface area contributed by atoms with Gasteiger partial charge < -0.3 is 25.7 Å². The Balaban J connectivity index is 1.59. The number of amides is 2. The first-order chi connectivity index (χ1) is 18.0. The van der Waals surface area contributed by atoms with Gasteiger partial charge in [0.1, 0.15) is 22.7 Å². The van der Waals surface area contributed by atoms with Crippen molar-refractivity contribution < 1.29 is 33.9 Å². The molecular weight excluding hydrogens is 536 g/mol. The number of anilines is 1. The van der Waals surface area contributed by atoms with Crippen LogP contribution in [0.25, 0.3) is 0 Å². The molecular formula is C23H24N6O7S2. The van der Waals surface area contributed by atoms with Crippen molar-refractivity contribution in [3.05, 3.63) is 53.5 Å². The van der Waals surface area contributed by atoms with Crippen LogP contribution < -0.4 is 11.1 Å². The number of hydrogen-bond acceptors (Lipinski definition) is 12. The van der Waals surface area contributed by atoms with E-state index >= 15 is 0 Å². The highest BCUT2D eigenvalue weighted by atomic mass is 32.2. The average molecular weight is 561 g/mol. The molecule has 200 valence electrons. The van der Waals surface area contributed by atoms with Crippen molar-refractivity contribution >= 4 is 57.9 Å². The van der Waals surface area contributed by atoms with E-state index < -0.39 is 52.6 Å². The molecule has 2 amide bonds. The number of aliphatic carboxylic acids is 1. The number of oxime groups is 1. The van der Waals surface area contributed by atoms with Gasteiger partial charge in [0.05, 0.1) is 0 Å². The van der Waals surface area contributed by atoms with Gasteiger partial charge in [-0.25, -0.2) is 9.59 Å². The Morgan fingerprint density at radius 1 is 1.26 bits per heavy atom. The molecule has 0 saturated carbocycles. The van der Waals surface area contributed by atoms with Crippen molar-refractivity contribution in [1.82, 2.24) is 19.6 Å². The number of ether oxygens (including phenoxy) is 1. The van der Waals surface area contributed by atoms with Crippen LogP contribution in [0.15, 0.2) is 47.3 Å². The van der Waals surface area contributed by atoms with Gasteiger partial charge in [0, 0.05) is 22.8 Å². The van der Waals surface area contributed by atoms with Gasteiger partial charge in [-0.1, -0.05) is 35.5 Å². The van der Waals surface area contributed by atoms with Crippen LogP contribution in [0, 0.1) is 0 Å². The summed E-state index contributed by atoms with van der Waals surface area (Å²) in [4.78, 5) is 61.0. The van der Waals surface area contributed by atoms with Gasteiger partial charge in [0.15, 0.2) is 5.13 Å². The first-order valence-corrected chi connectivity index (χ1v) is 13.1. The Labute approximate surface area is 225 Å². The SMILES string of the molecule is CC(C)(C)OC(=O)C(ON=C(C(=O)NC1C(=O)N2C(C(=O)O)=CCS[C@H]12)c1nsc(N)n1)c1ccccc1. The van der Waals surface area contributed by atoms with Crippen molar-refractivity contribution in [2.24, 2.45) is 5.16 Å². The number of nitrogen functional groups attached to an aromatic ring is 1. The maximum atomic E-state index is 13.3. The summed E-state index contributed by atoms with van der Waals surface area (Å²) in [5.41, 5.74) is 4.73. The molecule has 1 aromatic carbocycles. The zero-order valence-electron chi connectivity index (χ0n) is 20.5. The number of carboxylic acids is 1. The molecule has 15 heteroatoms. The molecule has 0 radical (unpaired) electrons. The standard InChI is InChI=1S/C23H24N6O7S2/c1-23(2,3)35-21(34)15(11-7-5-4-6-8-11)36-27-13(16-26-22(24)38-28-16)17(30)25-14-18(31)29-12(20(32)33)9-10-37-19(14)29/h4-9,14-15,19H,10H2,1-3H3,(H,25,30)(H,32,33)(H2,24,26,28)/t14?,15?,19-/m1/s1. The number of nitrogens with zero attached hydrogens (tertiary/aromatic N) is 4. The number of esters is 1. The fraction of sp³-hybridized carbons (Fsp3) is 0.348. The molecule has 2 aromatic rings. The molecule has 1 aromatic heterocycles. The third-order valence-electron chi connectivity index (χ3n) is 5.19. The number of carbonyl (C=O) groups excluding carboxylic acids is 3. The maximum Gasteiger partial charge on any atom is 0.355 e. The molecule has 0 spiro atoms. The summed E-state index contributed by atoms with van der Waals surface area (Å²) in [5, 5.41) is 15.3. The molecule has 4 N–H and O–H groups in total. The van der Waals surface area contributed by atoms with Crippen LogP contribution in [0.2, 0.25) is 0 Å². The highest BCUT2D eigenvalue weighted by molar-refractivity contribution is 8.00. The number of nitrogens with two attached hydrogens (primary N) is 1. The predicted octanol–water partition coefficient (Wildman–Crippen LogP) is 1.29. The number of β-lactam (4-membered cyclic amide) rings is 1. The summed E-state index contributed by atoms with van der Waals surface area (Å²) < 4.78 is 9.47. The normalized spacial score (nSPS) is 20.0. The van der Waals surface area contributed by atoms with Crippen LogP contribution in [0.4, 0.5) is 5.13 Å². The minimum Gasteiger partial charge on any atom is -0.477 e. The first-order valence-electron chi connectivity index (χ1n) is 11.3. The molecule has 38 heavy (non-hydrogen) atoms. The lowest BCUT2D eigenvalue weighted by molar-refractivity contribution is -0.169. The van der Waals surface area contributed by atoms with Gasteiger partial charge in [0.25, 0.3) is 11.8 Å². The van der Waals surface area contributed by atoms with E-state index in [4.69, 9.17) is 15.3 Å². The molecule has 2 unspecified atom stereocenters. The summed E-state index contributed by atoms with van der Waals surface area (Å²) in [7, 11) is 0. The Kier molecular flexibility index (Phi) is 7.68. The van der Waals surface area contributed by atoms with Crippen molar-refractivity contribution in [2.75, 3.05) is 11.5 Å². The summed E-state index contributed by atoms with van der Waals surface area (Å²) >= 11 is 2.11. The number of carboxylic acid groups (broad SMARTS) is 1. The molecule has 0 bridgehead atoms. The third-order valence-corrected chi connectivity index (χ3v) is 6.92. The van der Waals surface area contributed by atoms with E-state index in [2.05, 4.69) is 19.8 Å². The lowest BCUT2D eigenvalue weighted by Gasteiger charge is -2.48. The van der Waals surface area contributed by atoms with Gasteiger partial charge in [-0.15, -0.1) is 11.8 Å². The van der Waals surface area contributed by atoms with Gasteiger partial charge >= 0.3 is 11.9 Å². The van der Waals surface area contributed by atoms with Crippen LogP contribution in [0.5, 0.6) is 0 Å². The van der Waals surface area contributed by atoms with Crippen LogP contribution in [0.3, 0.4) is 0 Å². The lowest BCUT2D eigenvalue weighted by Crippen LogP contribution is -2.70. The minimum absolute atomic E-state index is 0.0530. The number of benzene rings is 1. The quantitative estimate of drug-likeness (QED) is 0.183. The van der Waals surface area contributed by atoms with Crippen molar-refractivity contribution in [2.45, 2.75) is 43.9 Å². The van der Waals surface area contributed by atoms with Crippen LogP contribution >= 0.6 is 23.3 Å². The Morgan fingerprint density at radius 3 is 2.58 bits per heavy atom. The predicted molar refractivity (Wildman–Crippen MR) is 138 cm³/mol. The first kappa shape index (κ1) is 27.1. The topological polar surface area (TPSA) is 186 Å². The van der Waals surface area contributed by atoms with Gasteiger partial charge in [-0.3, -0.25) is 14.5 Å². The fourth-order valence-electron chi connectivity index (χ4n) is 3.59. The van der Waals surface area contributed by atoms with E-state index in [1.54, 1.807) is 51.1 Å². The number of fused-ring (bicyclic) bond motifs is 1. The van der Waals surface area contributed by atoms with Crippen LogP contribution in [-0.4, -0.2) is 71.6 Å². The Bertz CT molecular complexity index is 1320. The van der Waals surface area contributed by atoms with E-state index in [1.165, 1.54) is 17.8 Å². The minimum atomic E-state index is -1.33. The number of carbonyl (C=O) groups is 4. The monoisotopic (exact) mass is 560 g/mol. The highest BCUT2D eigenvalue weighted by Crippen LogP contribution is 2.37. The summed E-state index contributed by atoms with van der Waals surface area (Å²) in [6.45, 7) is 5.10. The third kappa shape index (κ3) is 5.78. The average Bonchev–Trinajstić information content (AvgIpc) is 3.29. The van der Waals surface area contributed by atoms with E-state index in [9.17, 15) is 24.3 Å². The van der Waals surface area contributed by atoms with Gasteiger partial charge in [-0.2, -0.15) is 9.36 Å². The second kappa shape index (κ2) is 10.8. The molecule has 1 saturated heterocycles.